The van der Waals surface area contributed by atoms with E-state index in [9.17, 15) is 4.79 Å². The zero-order valence-corrected chi connectivity index (χ0v) is 14.5. The van der Waals surface area contributed by atoms with Crippen LogP contribution in [0.4, 0.5) is 0 Å². The van der Waals surface area contributed by atoms with E-state index in [1.165, 1.54) is 0 Å². The van der Waals surface area contributed by atoms with E-state index < -0.39 is 0 Å². The van der Waals surface area contributed by atoms with E-state index in [0.29, 0.717) is 6.42 Å². The normalized spacial score (nSPS) is 18.8. The van der Waals surface area contributed by atoms with E-state index >= 15 is 0 Å². The standard InChI is InChI=1S/C19H23N3O3/c1-14-10-20-21(11-14)12-16-3-2-8-22(16)19(23)7-5-15-4-6-17-18(9-15)25-13-24-17/h4,6,9-11,16H,2-3,5,7-8,12-13H2,1H3. The fourth-order valence-corrected chi connectivity index (χ4v) is 3.63. The van der Waals surface area contributed by atoms with Crippen LogP contribution in [-0.2, 0) is 17.8 Å². The van der Waals surface area contributed by atoms with Gasteiger partial charge in [0, 0.05) is 19.2 Å². The van der Waals surface area contributed by atoms with Crippen LogP contribution in [0.5, 0.6) is 11.5 Å². The number of rotatable bonds is 5. The van der Waals surface area contributed by atoms with Crippen LogP contribution in [-0.4, -0.2) is 40.0 Å². The van der Waals surface area contributed by atoms with Crippen LogP contribution in [0, 0.1) is 6.92 Å². The fourth-order valence-electron chi connectivity index (χ4n) is 3.63. The summed E-state index contributed by atoms with van der Waals surface area (Å²) in [4.78, 5) is 14.7. The predicted octanol–water partition coefficient (Wildman–Crippen LogP) is 2.54. The Morgan fingerprint density at radius 2 is 2.20 bits per heavy atom. The Morgan fingerprint density at radius 1 is 1.32 bits per heavy atom. The summed E-state index contributed by atoms with van der Waals surface area (Å²) < 4.78 is 12.7. The minimum Gasteiger partial charge on any atom is -0.454 e. The molecular formula is C19H23N3O3. The first-order valence-electron chi connectivity index (χ1n) is 8.86. The quantitative estimate of drug-likeness (QED) is 0.839. The molecule has 1 saturated heterocycles. The van der Waals surface area contributed by atoms with Gasteiger partial charge in [0.1, 0.15) is 0 Å². The van der Waals surface area contributed by atoms with Crippen LogP contribution in [0.15, 0.2) is 30.6 Å². The molecule has 3 heterocycles. The molecule has 4 rings (SSSR count). The van der Waals surface area contributed by atoms with E-state index in [1.54, 1.807) is 0 Å². The molecule has 0 N–H and O–H groups in total. The molecular weight excluding hydrogens is 318 g/mol. The molecule has 1 aromatic carbocycles. The Kier molecular flexibility index (Phi) is 4.34. The number of aryl methyl sites for hydroxylation is 2. The molecule has 1 unspecified atom stereocenters. The van der Waals surface area contributed by atoms with Crippen molar-refractivity contribution in [2.45, 2.75) is 45.2 Å². The second kappa shape index (κ2) is 6.78. The highest BCUT2D eigenvalue weighted by atomic mass is 16.7. The van der Waals surface area contributed by atoms with Gasteiger partial charge in [-0.05, 0) is 49.4 Å². The molecule has 2 aliphatic heterocycles. The van der Waals surface area contributed by atoms with Crippen LogP contribution in [0.1, 0.15) is 30.4 Å². The number of aromatic nitrogens is 2. The number of ether oxygens (including phenoxy) is 2. The number of carbonyl (C=O) groups excluding carboxylic acids is 1. The lowest BCUT2D eigenvalue weighted by Gasteiger charge is -2.25. The number of nitrogens with zero attached hydrogens (tertiary/aromatic N) is 3. The third kappa shape index (κ3) is 3.48. The van der Waals surface area contributed by atoms with Crippen molar-refractivity contribution in [3.63, 3.8) is 0 Å². The van der Waals surface area contributed by atoms with Gasteiger partial charge in [-0.1, -0.05) is 6.07 Å². The number of hydrogen-bond acceptors (Lipinski definition) is 4. The lowest BCUT2D eigenvalue weighted by Crippen LogP contribution is -2.38. The summed E-state index contributed by atoms with van der Waals surface area (Å²) in [6.07, 6.45) is 7.26. The number of carbonyl (C=O) groups is 1. The lowest BCUT2D eigenvalue weighted by molar-refractivity contribution is -0.132. The summed E-state index contributed by atoms with van der Waals surface area (Å²) >= 11 is 0. The molecule has 2 aromatic rings. The fraction of sp³-hybridized carbons (Fsp3) is 0.474. The van der Waals surface area contributed by atoms with Gasteiger partial charge in [0.25, 0.3) is 0 Å². The molecule has 1 amide bonds. The monoisotopic (exact) mass is 341 g/mol. The van der Waals surface area contributed by atoms with E-state index in [-0.39, 0.29) is 18.7 Å². The maximum absolute atomic E-state index is 12.7. The van der Waals surface area contributed by atoms with Gasteiger partial charge in [0.2, 0.25) is 12.7 Å². The summed E-state index contributed by atoms with van der Waals surface area (Å²) in [5.74, 6) is 1.78. The van der Waals surface area contributed by atoms with Gasteiger partial charge in [-0.2, -0.15) is 5.10 Å². The second-order valence-corrected chi connectivity index (χ2v) is 6.81. The first-order valence-corrected chi connectivity index (χ1v) is 8.86. The van der Waals surface area contributed by atoms with Crippen LogP contribution in [0.25, 0.3) is 0 Å². The maximum atomic E-state index is 12.7. The summed E-state index contributed by atoms with van der Waals surface area (Å²) in [5.41, 5.74) is 2.26. The largest absolute Gasteiger partial charge is 0.454 e. The smallest absolute Gasteiger partial charge is 0.231 e. The molecule has 2 aliphatic rings. The molecule has 0 bridgehead atoms. The van der Waals surface area contributed by atoms with Crippen molar-refractivity contribution in [1.29, 1.82) is 0 Å². The average Bonchev–Trinajstić information content (AvgIpc) is 3.33. The summed E-state index contributed by atoms with van der Waals surface area (Å²) in [6, 6.07) is 6.16. The van der Waals surface area contributed by atoms with Gasteiger partial charge >= 0.3 is 0 Å². The minimum atomic E-state index is 0.226. The molecule has 1 aromatic heterocycles. The summed E-state index contributed by atoms with van der Waals surface area (Å²) in [7, 11) is 0. The molecule has 132 valence electrons. The molecule has 0 saturated carbocycles. The van der Waals surface area contributed by atoms with Gasteiger partial charge < -0.3 is 14.4 Å². The highest BCUT2D eigenvalue weighted by Crippen LogP contribution is 2.33. The van der Waals surface area contributed by atoms with Crippen molar-refractivity contribution >= 4 is 5.91 Å². The Morgan fingerprint density at radius 3 is 3.04 bits per heavy atom. The SMILES string of the molecule is Cc1cnn(CC2CCCN2C(=O)CCc2ccc3c(c2)OCO3)c1. The molecule has 6 nitrogen and oxygen atoms in total. The van der Waals surface area contributed by atoms with Crippen LogP contribution in [0.3, 0.4) is 0 Å². The highest BCUT2D eigenvalue weighted by molar-refractivity contribution is 5.77. The molecule has 0 aliphatic carbocycles. The Hall–Kier alpha value is -2.50. The third-order valence-electron chi connectivity index (χ3n) is 4.92. The van der Waals surface area contributed by atoms with Crippen molar-refractivity contribution < 1.29 is 14.3 Å². The van der Waals surface area contributed by atoms with Gasteiger partial charge in [0.05, 0.1) is 18.8 Å². The average molecular weight is 341 g/mol. The van der Waals surface area contributed by atoms with Gasteiger partial charge in [0.15, 0.2) is 11.5 Å². The van der Waals surface area contributed by atoms with Crippen molar-refractivity contribution in [2.75, 3.05) is 13.3 Å². The Bertz CT molecular complexity index is 771. The number of benzene rings is 1. The first kappa shape index (κ1) is 16.0. The van der Waals surface area contributed by atoms with E-state index in [0.717, 1.165) is 55.0 Å². The lowest BCUT2D eigenvalue weighted by atomic mass is 10.1. The first-order chi connectivity index (χ1) is 12.2. The van der Waals surface area contributed by atoms with Crippen LogP contribution >= 0.6 is 0 Å². The van der Waals surface area contributed by atoms with Gasteiger partial charge in [-0.15, -0.1) is 0 Å². The number of fused-ring (bicyclic) bond motifs is 1. The molecule has 0 radical (unpaired) electrons. The second-order valence-electron chi connectivity index (χ2n) is 6.81. The van der Waals surface area contributed by atoms with Crippen molar-refractivity contribution in [1.82, 2.24) is 14.7 Å². The highest BCUT2D eigenvalue weighted by Gasteiger charge is 2.28. The van der Waals surface area contributed by atoms with Crippen molar-refractivity contribution in [3.8, 4) is 11.5 Å². The number of hydrogen-bond donors (Lipinski definition) is 0. The van der Waals surface area contributed by atoms with Crippen LogP contribution < -0.4 is 9.47 Å². The Labute approximate surface area is 147 Å². The molecule has 25 heavy (non-hydrogen) atoms. The van der Waals surface area contributed by atoms with Gasteiger partial charge in [-0.25, -0.2) is 0 Å². The summed E-state index contributed by atoms with van der Waals surface area (Å²) in [5, 5.41) is 4.35. The number of amides is 1. The molecule has 1 fully saturated rings. The van der Waals surface area contributed by atoms with E-state index in [1.807, 2.05) is 47.1 Å². The molecule has 6 heteroatoms. The zero-order chi connectivity index (χ0) is 17.2. The summed E-state index contributed by atoms with van der Waals surface area (Å²) in [6.45, 7) is 3.95. The molecule has 1 atom stereocenters. The Balaban J connectivity index is 1.35. The van der Waals surface area contributed by atoms with Gasteiger partial charge in [-0.3, -0.25) is 9.48 Å². The third-order valence-corrected chi connectivity index (χ3v) is 4.92. The van der Waals surface area contributed by atoms with Crippen molar-refractivity contribution in [3.05, 3.63) is 41.7 Å². The predicted molar refractivity (Wildman–Crippen MR) is 92.6 cm³/mol. The van der Waals surface area contributed by atoms with E-state index in [2.05, 4.69) is 5.10 Å². The number of likely N-dealkylation sites (tertiary alicyclic amines) is 1. The zero-order valence-electron chi connectivity index (χ0n) is 14.5. The maximum Gasteiger partial charge on any atom is 0.231 e. The molecule has 0 spiro atoms. The van der Waals surface area contributed by atoms with Crippen LogP contribution in [0.2, 0.25) is 0 Å². The minimum absolute atomic E-state index is 0.226. The van der Waals surface area contributed by atoms with Crippen molar-refractivity contribution in [2.24, 2.45) is 0 Å². The van der Waals surface area contributed by atoms with E-state index in [4.69, 9.17) is 9.47 Å². The topological polar surface area (TPSA) is 56.6 Å².